The van der Waals surface area contributed by atoms with Crippen LogP contribution < -0.4 is 4.90 Å². The van der Waals surface area contributed by atoms with Crippen LogP contribution in [0.15, 0.2) is 90.5 Å². The molecule has 0 radical (unpaired) electrons. The molecule has 1 saturated heterocycles. The van der Waals surface area contributed by atoms with Crippen molar-refractivity contribution in [3.05, 3.63) is 102 Å². The van der Waals surface area contributed by atoms with Gasteiger partial charge in [-0.05, 0) is 58.0 Å². The number of carbonyl (C=O) groups is 1. The molecule has 1 unspecified atom stereocenters. The molecule has 3 aromatic carbocycles. The molecule has 2 N–H and O–H groups in total. The summed E-state index contributed by atoms with van der Waals surface area (Å²) in [6, 6.07) is 20.9. The predicted molar refractivity (Wildman–Crippen MR) is 180 cm³/mol. The van der Waals surface area contributed by atoms with Crippen molar-refractivity contribution in [2.75, 3.05) is 18.0 Å². The van der Waals surface area contributed by atoms with Gasteiger partial charge in [0.1, 0.15) is 22.7 Å². The Morgan fingerprint density at radius 1 is 1.00 bits per heavy atom. The minimum atomic E-state index is -4.73. The van der Waals surface area contributed by atoms with Gasteiger partial charge < -0.3 is 9.88 Å². The Morgan fingerprint density at radius 2 is 1.83 bits per heavy atom. The summed E-state index contributed by atoms with van der Waals surface area (Å²) < 4.78 is 39.3. The van der Waals surface area contributed by atoms with Crippen LogP contribution >= 0.6 is 0 Å². The number of hydrogen-bond donors (Lipinski definition) is 2. The van der Waals surface area contributed by atoms with Crippen LogP contribution in [0.4, 0.5) is 5.69 Å². The van der Waals surface area contributed by atoms with Gasteiger partial charge in [0.15, 0.2) is 0 Å². The van der Waals surface area contributed by atoms with Gasteiger partial charge in [0.25, 0.3) is 10.1 Å². The number of carbonyl (C=O) groups excluding carboxylic acids is 1. The topological polar surface area (TPSA) is 158 Å². The van der Waals surface area contributed by atoms with Crippen LogP contribution in [0.25, 0.3) is 44.5 Å². The largest absolute Gasteiger partial charge is 0.369 e. The maximum atomic E-state index is 13.4. The average molecular weight is 656 g/mol. The van der Waals surface area contributed by atoms with Gasteiger partial charge in [-0.25, -0.2) is 9.97 Å². The molecule has 3 aromatic heterocycles. The summed E-state index contributed by atoms with van der Waals surface area (Å²) in [5.41, 5.74) is 8.10. The van der Waals surface area contributed by atoms with Crippen molar-refractivity contribution in [1.29, 1.82) is 5.26 Å². The summed E-state index contributed by atoms with van der Waals surface area (Å²) in [4.78, 5) is 25.7. The summed E-state index contributed by atoms with van der Waals surface area (Å²) in [6.07, 6.45) is 8.03. The zero-order valence-corrected chi connectivity index (χ0v) is 26.5. The highest BCUT2D eigenvalue weighted by Crippen LogP contribution is 2.49. The molecule has 8 rings (SSSR count). The van der Waals surface area contributed by atoms with Gasteiger partial charge in [-0.2, -0.15) is 18.8 Å². The van der Waals surface area contributed by atoms with Gasteiger partial charge in [0.2, 0.25) is 0 Å². The fourth-order valence-corrected chi connectivity index (χ4v) is 8.08. The predicted octanol–water partition coefficient (Wildman–Crippen LogP) is 5.98. The second-order valence-electron chi connectivity index (χ2n) is 12.1. The van der Waals surface area contributed by atoms with E-state index in [1.54, 1.807) is 17.1 Å². The third-order valence-electron chi connectivity index (χ3n) is 9.36. The quantitative estimate of drug-likeness (QED) is 0.197. The van der Waals surface area contributed by atoms with Crippen LogP contribution in [-0.4, -0.2) is 56.6 Å². The fourth-order valence-electron chi connectivity index (χ4n) is 7.12. The van der Waals surface area contributed by atoms with Crippen molar-refractivity contribution < 1.29 is 17.8 Å². The molecule has 6 aromatic rings. The molecule has 48 heavy (non-hydrogen) atoms. The van der Waals surface area contributed by atoms with Crippen LogP contribution in [-0.2, 0) is 21.3 Å². The molecule has 12 heteroatoms. The normalized spacial score (nSPS) is 14.9. The van der Waals surface area contributed by atoms with E-state index in [0.717, 1.165) is 38.8 Å². The summed E-state index contributed by atoms with van der Waals surface area (Å²) in [7, 11) is -4.73. The van der Waals surface area contributed by atoms with Gasteiger partial charge in [-0.3, -0.25) is 14.0 Å². The Hall–Kier alpha value is -5.64. The first-order valence-electron chi connectivity index (χ1n) is 15.6. The number of aromatic amines is 1. The molecular weight excluding hydrogens is 627 g/mol. The molecule has 0 spiro atoms. The van der Waals surface area contributed by atoms with Crippen LogP contribution in [0.5, 0.6) is 0 Å². The second-order valence-corrected chi connectivity index (χ2v) is 13.5. The lowest BCUT2D eigenvalue weighted by molar-refractivity contribution is -0.119. The molecule has 1 aliphatic carbocycles. The minimum absolute atomic E-state index is 0.102. The Kier molecular flexibility index (Phi) is 7.16. The van der Waals surface area contributed by atoms with Gasteiger partial charge in [-0.15, -0.1) is 0 Å². The Morgan fingerprint density at radius 3 is 2.65 bits per heavy atom. The number of benzene rings is 3. The van der Waals surface area contributed by atoms with Gasteiger partial charge in [-0.1, -0.05) is 42.5 Å². The summed E-state index contributed by atoms with van der Waals surface area (Å²) in [6.45, 7) is 0.711. The zero-order valence-electron chi connectivity index (χ0n) is 25.7. The summed E-state index contributed by atoms with van der Waals surface area (Å²) in [5, 5.41) is 15.4. The second kappa shape index (κ2) is 11.6. The molecule has 1 fully saturated rings. The third-order valence-corrected chi connectivity index (χ3v) is 10.3. The van der Waals surface area contributed by atoms with E-state index in [2.05, 4.69) is 26.1 Å². The number of anilines is 1. The van der Waals surface area contributed by atoms with Crippen molar-refractivity contribution >= 4 is 32.6 Å². The van der Waals surface area contributed by atoms with E-state index >= 15 is 0 Å². The maximum Gasteiger partial charge on any atom is 0.297 e. The lowest BCUT2D eigenvalue weighted by Crippen LogP contribution is -2.34. The van der Waals surface area contributed by atoms with Crippen LogP contribution in [0.2, 0.25) is 0 Å². The first-order chi connectivity index (χ1) is 23.3. The first kappa shape index (κ1) is 29.7. The van der Waals surface area contributed by atoms with Gasteiger partial charge >= 0.3 is 0 Å². The Bertz CT molecular complexity index is 2400. The van der Waals surface area contributed by atoms with E-state index in [1.807, 2.05) is 71.8 Å². The number of H-pyrrole nitrogens is 1. The lowest BCUT2D eigenvalue weighted by atomic mass is 9.91. The number of piperidine rings is 1. The summed E-state index contributed by atoms with van der Waals surface area (Å²) >= 11 is 0. The zero-order chi connectivity index (χ0) is 33.0. The lowest BCUT2D eigenvalue weighted by Gasteiger charge is -2.31. The molecule has 0 saturated carbocycles. The molecule has 4 heterocycles. The number of aromatic nitrogens is 5. The smallest absolute Gasteiger partial charge is 0.297 e. The van der Waals surface area contributed by atoms with E-state index in [1.165, 1.54) is 6.33 Å². The van der Waals surface area contributed by atoms with Crippen molar-refractivity contribution in [2.24, 2.45) is 0 Å². The molecule has 0 bridgehead atoms. The fraction of sp³-hybridized carbons (Fsp3) is 0.194. The molecule has 0 amide bonds. The first-order valence-corrected chi connectivity index (χ1v) is 17.1. The molecule has 11 nitrogen and oxygen atoms in total. The van der Waals surface area contributed by atoms with Crippen LogP contribution in [0.3, 0.4) is 0 Å². The van der Waals surface area contributed by atoms with E-state index < -0.39 is 16.2 Å². The van der Waals surface area contributed by atoms with E-state index in [0.29, 0.717) is 60.5 Å². The number of rotatable bonds is 7. The molecule has 2 aliphatic rings. The van der Waals surface area contributed by atoms with Gasteiger partial charge in [0.05, 0.1) is 36.1 Å². The number of ketones is 1. The van der Waals surface area contributed by atoms with E-state index in [-0.39, 0.29) is 17.1 Å². The van der Waals surface area contributed by atoms with Crippen molar-refractivity contribution in [3.8, 4) is 39.6 Å². The number of nitrogens with one attached hydrogen (secondary N) is 1. The average Bonchev–Trinajstić information content (AvgIpc) is 3.85. The molecule has 1 atom stereocenters. The third kappa shape index (κ3) is 5.04. The van der Waals surface area contributed by atoms with E-state index in [4.69, 9.17) is 0 Å². The minimum Gasteiger partial charge on any atom is -0.369 e. The molecule has 238 valence electrons. The Balaban J connectivity index is 1.29. The number of fused-ring (bicyclic) bond motifs is 4. The highest BCUT2D eigenvalue weighted by Gasteiger charge is 2.34. The molecular formula is C36H29N7O4S. The summed E-state index contributed by atoms with van der Waals surface area (Å²) in [5.74, 6) is 0.127. The number of nitrogens with zero attached hydrogens (tertiary/aromatic N) is 6. The van der Waals surface area contributed by atoms with Crippen molar-refractivity contribution in [1.82, 2.24) is 24.7 Å². The molecule has 1 aliphatic heterocycles. The van der Waals surface area contributed by atoms with Crippen LogP contribution in [0, 0.1) is 11.3 Å². The van der Waals surface area contributed by atoms with E-state index in [9.17, 15) is 23.0 Å². The standard InChI is InChI=1S/C36H29N7O4S/c37-12-8-31(43-20-25(19-41-43)34-28-9-13-38-36(28)40-21-39-34)23-5-3-6-24(16-23)33-30-17-22-4-1-2-7-27(22)29(30)18-32(35(33)48(45,46)47)42-14-10-26(44)11-15-42/h1-7,9,13,16,18-21,31H,8,10-11,14-15,17H2,(H,38,39,40)(H,45,46,47). The monoisotopic (exact) mass is 655 g/mol. The number of Topliss-reactive ketones (excluding diaryl/α,β-unsaturated/α-hetero) is 1. The van der Waals surface area contributed by atoms with Crippen molar-refractivity contribution in [2.45, 2.75) is 36.6 Å². The Labute approximate surface area is 276 Å². The number of nitriles is 1. The maximum absolute atomic E-state index is 13.4. The van der Waals surface area contributed by atoms with Gasteiger partial charge in [0, 0.05) is 54.8 Å². The highest BCUT2D eigenvalue weighted by atomic mass is 32.2. The van der Waals surface area contributed by atoms with Crippen LogP contribution in [0.1, 0.15) is 42.0 Å². The van der Waals surface area contributed by atoms with Crippen molar-refractivity contribution in [3.63, 3.8) is 0 Å². The number of hydrogen-bond acceptors (Lipinski definition) is 8. The SMILES string of the molecule is N#CCC(c1cccc(-c2c3c(cc(N4CCC(=O)CC4)c2S(=O)(=O)O)-c2ccccc2C3)c1)n1cc(-c2ncnc3[nH]ccc23)cn1. The highest BCUT2D eigenvalue weighted by molar-refractivity contribution is 7.86.